The number of ketones is 2. The lowest BCUT2D eigenvalue weighted by molar-refractivity contribution is -0.153. The Labute approximate surface area is 96.3 Å². The zero-order valence-electron chi connectivity index (χ0n) is 10.6. The first-order valence-electron chi connectivity index (χ1n) is 5.01. The first-order chi connectivity index (χ1) is 7.11. The number of rotatable bonds is 3. The normalized spacial score (nSPS) is 9.88. The lowest BCUT2D eigenvalue weighted by Crippen LogP contribution is -2.25. The van der Waals surface area contributed by atoms with Crippen molar-refractivity contribution in [1.82, 2.24) is 0 Å². The minimum atomic E-state index is -0.477. The molecule has 16 heavy (non-hydrogen) atoms. The summed E-state index contributed by atoms with van der Waals surface area (Å²) >= 11 is 0. The molecule has 0 bridgehead atoms. The van der Waals surface area contributed by atoms with Gasteiger partial charge in [0.1, 0.15) is 11.6 Å². The molecule has 0 atom stereocenters. The van der Waals surface area contributed by atoms with E-state index in [1.165, 1.54) is 13.8 Å². The minimum absolute atomic E-state index is 0.0835. The van der Waals surface area contributed by atoms with Gasteiger partial charge in [0, 0.05) is 12.8 Å². The molecule has 0 aliphatic carbocycles. The monoisotopic (exact) mass is 231 g/mol. The van der Waals surface area contributed by atoms with Gasteiger partial charge < -0.3 is 14.4 Å². The van der Waals surface area contributed by atoms with Gasteiger partial charge in [0.05, 0.1) is 5.41 Å². The van der Waals surface area contributed by atoms with E-state index in [1.807, 2.05) is 0 Å². The predicted octanol–water partition coefficient (Wildman–Crippen LogP) is 1.39. The molecule has 0 aromatic heterocycles. The minimum Gasteiger partial charge on any atom is -0.373 e. The van der Waals surface area contributed by atoms with Crippen molar-refractivity contribution in [2.75, 3.05) is 0 Å². The average molecular weight is 231 g/mol. The van der Waals surface area contributed by atoms with Crippen LogP contribution < -0.4 is 5.90 Å². The molecule has 0 aliphatic heterocycles. The molecular weight excluding hydrogens is 210 g/mol. The Balaban J connectivity index is 0. The summed E-state index contributed by atoms with van der Waals surface area (Å²) < 4.78 is 0. The summed E-state index contributed by atoms with van der Waals surface area (Å²) in [6, 6.07) is 0. The van der Waals surface area contributed by atoms with Crippen LogP contribution in [0.3, 0.4) is 0 Å². The second kappa shape index (κ2) is 7.98. The Hall–Kier alpha value is -1.23. The van der Waals surface area contributed by atoms with Gasteiger partial charge in [0.2, 0.25) is 0 Å². The van der Waals surface area contributed by atoms with Crippen molar-refractivity contribution >= 4 is 17.5 Å². The molecule has 0 aromatic rings. The molecule has 0 saturated carbocycles. The van der Waals surface area contributed by atoms with E-state index in [-0.39, 0.29) is 11.6 Å². The molecule has 94 valence electrons. The van der Waals surface area contributed by atoms with E-state index in [1.54, 1.807) is 20.8 Å². The lowest BCUT2D eigenvalue weighted by atomic mass is 9.98. The van der Waals surface area contributed by atoms with Crippen molar-refractivity contribution in [1.29, 1.82) is 0 Å². The van der Waals surface area contributed by atoms with E-state index < -0.39 is 11.4 Å². The van der Waals surface area contributed by atoms with Crippen molar-refractivity contribution in [3.63, 3.8) is 0 Å². The lowest BCUT2D eigenvalue weighted by Gasteiger charge is -2.12. The van der Waals surface area contributed by atoms with Crippen LogP contribution in [0.5, 0.6) is 0 Å². The number of Topliss-reactive ketones (excluding diaryl/α,β-unsaturated/α-hetero) is 2. The topological polar surface area (TPSA) is 86.5 Å². The average Bonchev–Trinajstić information content (AvgIpc) is 2.13. The summed E-state index contributed by atoms with van der Waals surface area (Å²) in [5, 5.41) is 0. The second-order valence-electron chi connectivity index (χ2n) is 4.56. The maximum Gasteiger partial charge on any atom is 0.329 e. The summed E-state index contributed by atoms with van der Waals surface area (Å²) in [6.45, 7) is 8.19. The zero-order chi connectivity index (χ0) is 13.4. The zero-order valence-corrected chi connectivity index (χ0v) is 10.6. The molecule has 0 fully saturated rings. The van der Waals surface area contributed by atoms with Crippen LogP contribution >= 0.6 is 0 Å². The number of nitrogens with two attached hydrogens (primary N) is 1. The van der Waals surface area contributed by atoms with Crippen molar-refractivity contribution in [2.45, 2.75) is 47.5 Å². The van der Waals surface area contributed by atoms with Crippen molar-refractivity contribution in [3.05, 3.63) is 0 Å². The number of carbonyl (C=O) groups is 3. The van der Waals surface area contributed by atoms with Crippen LogP contribution in [0.4, 0.5) is 0 Å². The largest absolute Gasteiger partial charge is 0.373 e. The quantitative estimate of drug-likeness (QED) is 0.742. The van der Waals surface area contributed by atoms with Gasteiger partial charge in [-0.2, -0.15) is 5.90 Å². The van der Waals surface area contributed by atoms with E-state index in [2.05, 4.69) is 10.7 Å². The van der Waals surface area contributed by atoms with Crippen LogP contribution in [0.25, 0.3) is 0 Å². The summed E-state index contributed by atoms with van der Waals surface area (Å²) in [6.07, 6.45) is 0.796. The third kappa shape index (κ3) is 12.8. The Morgan fingerprint density at radius 1 is 1.00 bits per heavy atom. The van der Waals surface area contributed by atoms with Crippen LogP contribution in [-0.2, 0) is 19.2 Å². The maximum atomic E-state index is 10.5. The highest BCUT2D eigenvalue weighted by Crippen LogP contribution is 2.13. The summed E-state index contributed by atoms with van der Waals surface area (Å²) in [4.78, 5) is 34.9. The van der Waals surface area contributed by atoms with E-state index in [4.69, 9.17) is 0 Å². The molecule has 0 spiro atoms. The molecular formula is C11H21NO4. The van der Waals surface area contributed by atoms with Crippen LogP contribution in [0.15, 0.2) is 0 Å². The molecule has 0 heterocycles. The van der Waals surface area contributed by atoms with E-state index in [0.29, 0.717) is 12.8 Å². The first-order valence-corrected chi connectivity index (χ1v) is 5.01. The SMILES string of the molecule is CC(=O)CCC(C)=O.CC(C)(C)C(=O)ON. The Morgan fingerprint density at radius 3 is 1.38 bits per heavy atom. The smallest absolute Gasteiger partial charge is 0.329 e. The molecule has 0 unspecified atom stereocenters. The van der Waals surface area contributed by atoms with Crippen LogP contribution in [0.2, 0.25) is 0 Å². The standard InChI is InChI=1S/C6H10O2.C5H11NO2/c1-5(7)3-4-6(2)8;1-5(2,3)4(7)8-6/h3-4H2,1-2H3;6H2,1-3H3. The summed E-state index contributed by atoms with van der Waals surface area (Å²) in [7, 11) is 0. The van der Waals surface area contributed by atoms with Gasteiger partial charge in [-0.1, -0.05) is 0 Å². The van der Waals surface area contributed by atoms with Crippen LogP contribution in [-0.4, -0.2) is 17.5 Å². The third-order valence-electron chi connectivity index (χ3n) is 1.55. The number of hydrogen-bond acceptors (Lipinski definition) is 5. The number of hydrogen-bond donors (Lipinski definition) is 1. The van der Waals surface area contributed by atoms with Gasteiger partial charge in [-0.25, -0.2) is 4.79 Å². The number of carbonyl (C=O) groups excluding carboxylic acids is 3. The van der Waals surface area contributed by atoms with E-state index in [0.717, 1.165) is 0 Å². The van der Waals surface area contributed by atoms with E-state index >= 15 is 0 Å². The van der Waals surface area contributed by atoms with Gasteiger partial charge in [-0.15, -0.1) is 0 Å². The highest BCUT2D eigenvalue weighted by molar-refractivity contribution is 5.83. The molecule has 0 aliphatic rings. The molecule has 2 N–H and O–H groups in total. The Morgan fingerprint density at radius 2 is 1.31 bits per heavy atom. The summed E-state index contributed by atoms with van der Waals surface area (Å²) in [5.41, 5.74) is -0.477. The fourth-order valence-corrected chi connectivity index (χ4v) is 0.529. The molecule has 0 aromatic carbocycles. The van der Waals surface area contributed by atoms with Crippen LogP contribution in [0.1, 0.15) is 47.5 Å². The van der Waals surface area contributed by atoms with E-state index in [9.17, 15) is 14.4 Å². The molecule has 0 saturated heterocycles. The maximum absolute atomic E-state index is 10.5. The molecule has 0 radical (unpaired) electrons. The Bertz CT molecular complexity index is 239. The van der Waals surface area contributed by atoms with Crippen LogP contribution in [0, 0.1) is 5.41 Å². The highest BCUT2D eigenvalue weighted by atomic mass is 16.7. The summed E-state index contributed by atoms with van der Waals surface area (Å²) in [5.74, 6) is 4.38. The van der Waals surface area contributed by atoms with Gasteiger partial charge >= 0.3 is 5.97 Å². The van der Waals surface area contributed by atoms with Crippen molar-refractivity contribution in [3.8, 4) is 0 Å². The first kappa shape index (κ1) is 17.2. The Kier molecular flexibility index (Phi) is 8.57. The van der Waals surface area contributed by atoms with Gasteiger partial charge in [-0.3, -0.25) is 0 Å². The molecule has 5 nitrogen and oxygen atoms in total. The fourth-order valence-electron chi connectivity index (χ4n) is 0.529. The predicted molar refractivity (Wildman–Crippen MR) is 60.3 cm³/mol. The van der Waals surface area contributed by atoms with Gasteiger partial charge in [0.25, 0.3) is 0 Å². The third-order valence-corrected chi connectivity index (χ3v) is 1.55. The second-order valence-corrected chi connectivity index (χ2v) is 4.56. The highest BCUT2D eigenvalue weighted by Gasteiger charge is 2.21. The van der Waals surface area contributed by atoms with Crippen molar-refractivity contribution < 1.29 is 19.2 Å². The van der Waals surface area contributed by atoms with Crippen molar-refractivity contribution in [2.24, 2.45) is 11.3 Å². The fraction of sp³-hybridized carbons (Fsp3) is 0.727. The van der Waals surface area contributed by atoms with Gasteiger partial charge in [-0.05, 0) is 34.6 Å². The molecule has 0 rings (SSSR count). The van der Waals surface area contributed by atoms with Gasteiger partial charge in [0.15, 0.2) is 0 Å². The molecule has 5 heteroatoms. The molecule has 0 amide bonds.